The topological polar surface area (TPSA) is 68.0 Å². The molecule has 0 aliphatic heterocycles. The largest absolute Gasteiger partial charge is 0.345 e. The normalized spacial score (nSPS) is 12.9. The Hall–Kier alpha value is -0.840. The van der Waals surface area contributed by atoms with Crippen LogP contribution in [0.15, 0.2) is 18.5 Å². The monoisotopic (exact) mass is 307 g/mol. The Labute approximate surface area is 127 Å². The van der Waals surface area contributed by atoms with Gasteiger partial charge in [-0.2, -0.15) is 0 Å². The molecule has 0 bridgehead atoms. The van der Waals surface area contributed by atoms with Gasteiger partial charge >= 0.3 is 0 Å². The number of hydrogen-bond acceptors (Lipinski definition) is 3. The van der Waals surface area contributed by atoms with Gasteiger partial charge in [0, 0.05) is 18.9 Å². The van der Waals surface area contributed by atoms with E-state index >= 15 is 0 Å². The first-order valence-corrected chi connectivity index (χ1v) is 5.83. The molecule has 0 aromatic carbocycles. The lowest BCUT2D eigenvalue weighted by Crippen LogP contribution is -2.55. The molecule has 19 heavy (non-hydrogen) atoms. The molecule has 1 aromatic rings. The number of hydrogen-bond donors (Lipinski definition) is 2. The van der Waals surface area contributed by atoms with E-state index in [1.165, 1.54) is 0 Å². The number of halogens is 2. The molecule has 0 spiro atoms. The molecule has 1 atom stereocenters. The minimum absolute atomic E-state index is 0. The lowest BCUT2D eigenvalue weighted by atomic mass is 9.88. The molecule has 1 unspecified atom stereocenters. The summed E-state index contributed by atoms with van der Waals surface area (Å²) in [7, 11) is 0. The Balaban J connectivity index is 0. The van der Waals surface area contributed by atoms with Crippen molar-refractivity contribution in [3.63, 3.8) is 0 Å². The van der Waals surface area contributed by atoms with Crippen LogP contribution in [0.25, 0.3) is 0 Å². The third kappa shape index (κ3) is 5.35. The second-order valence-corrected chi connectivity index (χ2v) is 4.98. The number of nitrogens with zero attached hydrogens (tertiary/aromatic N) is 1. The van der Waals surface area contributed by atoms with Gasteiger partial charge in [-0.25, -0.2) is 0 Å². The van der Waals surface area contributed by atoms with Crippen molar-refractivity contribution >= 4 is 30.7 Å². The lowest BCUT2D eigenvalue weighted by Gasteiger charge is -2.33. The Morgan fingerprint density at radius 2 is 2.00 bits per heavy atom. The van der Waals surface area contributed by atoms with Gasteiger partial charge in [-0.3, -0.25) is 9.78 Å². The molecule has 1 aromatic heterocycles. The molecule has 3 N–H and O–H groups in total. The highest BCUT2D eigenvalue weighted by Crippen LogP contribution is 2.15. The van der Waals surface area contributed by atoms with Crippen LogP contribution in [0.2, 0.25) is 0 Å². The van der Waals surface area contributed by atoms with Gasteiger partial charge in [0.05, 0.1) is 11.1 Å². The maximum absolute atomic E-state index is 12.1. The van der Waals surface area contributed by atoms with E-state index in [-0.39, 0.29) is 42.2 Å². The summed E-state index contributed by atoms with van der Waals surface area (Å²) >= 11 is 0. The fourth-order valence-electron chi connectivity index (χ4n) is 1.44. The van der Waals surface area contributed by atoms with E-state index in [2.05, 4.69) is 10.3 Å². The van der Waals surface area contributed by atoms with Crippen molar-refractivity contribution in [2.24, 2.45) is 11.7 Å². The first-order chi connectivity index (χ1) is 7.89. The number of carbonyl (C=O) groups is 1. The van der Waals surface area contributed by atoms with Gasteiger partial charge in [-0.15, -0.1) is 24.8 Å². The van der Waals surface area contributed by atoms with Crippen LogP contribution in [0.3, 0.4) is 0 Å². The third-order valence-electron chi connectivity index (χ3n) is 3.23. The average Bonchev–Trinajstić information content (AvgIpc) is 2.28. The number of nitrogens with one attached hydrogen (secondary N) is 1. The molecule has 6 heteroatoms. The summed E-state index contributed by atoms with van der Waals surface area (Å²) in [6, 6.07) is 1.82. The Kier molecular flexibility index (Phi) is 9.00. The second kappa shape index (κ2) is 8.35. The summed E-state index contributed by atoms with van der Waals surface area (Å²) in [6.45, 7) is 8.37. The second-order valence-electron chi connectivity index (χ2n) is 4.98. The Bertz CT molecular complexity index is 413. The van der Waals surface area contributed by atoms with Gasteiger partial charge in [0.15, 0.2) is 0 Å². The highest BCUT2D eigenvalue weighted by Gasteiger charge is 2.28. The quantitative estimate of drug-likeness (QED) is 0.897. The maximum Gasteiger partial charge on any atom is 0.253 e. The van der Waals surface area contributed by atoms with Gasteiger partial charge in [0.1, 0.15) is 0 Å². The lowest BCUT2D eigenvalue weighted by molar-refractivity contribution is 0.0882. The Morgan fingerprint density at radius 1 is 1.42 bits per heavy atom. The highest BCUT2D eigenvalue weighted by molar-refractivity contribution is 5.94. The molecule has 0 aliphatic rings. The third-order valence-corrected chi connectivity index (χ3v) is 3.23. The number of amides is 1. The van der Waals surface area contributed by atoms with Gasteiger partial charge in [-0.1, -0.05) is 13.8 Å². The van der Waals surface area contributed by atoms with Gasteiger partial charge in [-0.05, 0) is 31.4 Å². The van der Waals surface area contributed by atoms with E-state index in [1.807, 2.05) is 33.8 Å². The molecular formula is C13H23Cl2N3O. The van der Waals surface area contributed by atoms with Crippen molar-refractivity contribution in [2.75, 3.05) is 6.54 Å². The molecule has 0 fully saturated rings. The number of rotatable bonds is 4. The fourth-order valence-corrected chi connectivity index (χ4v) is 1.44. The van der Waals surface area contributed by atoms with Crippen molar-refractivity contribution < 1.29 is 4.79 Å². The molecule has 0 saturated heterocycles. The molecular weight excluding hydrogens is 285 g/mol. The first-order valence-electron chi connectivity index (χ1n) is 5.83. The molecule has 1 rings (SSSR count). The highest BCUT2D eigenvalue weighted by atomic mass is 35.5. The zero-order valence-electron chi connectivity index (χ0n) is 11.8. The number of carbonyl (C=O) groups excluding carboxylic acids is 1. The molecule has 0 aliphatic carbocycles. The van der Waals surface area contributed by atoms with Crippen molar-refractivity contribution in [3.05, 3.63) is 29.6 Å². The van der Waals surface area contributed by atoms with Crippen LogP contribution >= 0.6 is 24.8 Å². The van der Waals surface area contributed by atoms with Crippen LogP contribution in [-0.4, -0.2) is 23.0 Å². The summed E-state index contributed by atoms with van der Waals surface area (Å²) in [5.41, 5.74) is 6.89. The number of nitrogens with two attached hydrogens (primary N) is 1. The van der Waals surface area contributed by atoms with Crippen LogP contribution in [0.4, 0.5) is 0 Å². The standard InChI is InChI=1S/C13H21N3O.2ClH/c1-9(2)13(4,8-14)16-12(17)11-5-10(3)6-15-7-11;;/h5-7,9H,8,14H2,1-4H3,(H,16,17);2*1H. The smallest absolute Gasteiger partial charge is 0.253 e. The van der Waals surface area contributed by atoms with Gasteiger partial charge in [0.2, 0.25) is 0 Å². The van der Waals surface area contributed by atoms with Crippen LogP contribution in [0, 0.1) is 12.8 Å². The van der Waals surface area contributed by atoms with E-state index in [4.69, 9.17) is 5.73 Å². The zero-order valence-corrected chi connectivity index (χ0v) is 13.4. The SMILES string of the molecule is Cc1cncc(C(=O)NC(C)(CN)C(C)C)c1.Cl.Cl. The minimum Gasteiger partial charge on any atom is -0.345 e. The molecule has 4 nitrogen and oxygen atoms in total. The van der Waals surface area contributed by atoms with Crippen molar-refractivity contribution in [1.29, 1.82) is 0 Å². The van der Waals surface area contributed by atoms with E-state index in [9.17, 15) is 4.79 Å². The van der Waals surface area contributed by atoms with E-state index in [1.54, 1.807) is 12.4 Å². The first kappa shape index (κ1) is 20.5. The molecule has 1 amide bonds. The molecule has 0 radical (unpaired) electrons. The van der Waals surface area contributed by atoms with Crippen molar-refractivity contribution in [1.82, 2.24) is 10.3 Å². The van der Waals surface area contributed by atoms with Crippen molar-refractivity contribution in [2.45, 2.75) is 33.2 Å². The van der Waals surface area contributed by atoms with E-state index < -0.39 is 0 Å². The maximum atomic E-state index is 12.1. The van der Waals surface area contributed by atoms with Gasteiger partial charge in [0.25, 0.3) is 5.91 Å². The minimum atomic E-state index is -0.388. The predicted molar refractivity (Wildman–Crippen MR) is 83.2 cm³/mol. The molecule has 110 valence electrons. The average molecular weight is 308 g/mol. The number of pyridine rings is 1. The van der Waals surface area contributed by atoms with Crippen LogP contribution in [-0.2, 0) is 0 Å². The number of aromatic nitrogens is 1. The predicted octanol–water partition coefficient (Wildman–Crippen LogP) is 2.34. The summed E-state index contributed by atoms with van der Waals surface area (Å²) in [5, 5.41) is 2.98. The van der Waals surface area contributed by atoms with Crippen LogP contribution in [0.1, 0.15) is 36.7 Å². The zero-order chi connectivity index (χ0) is 13.1. The fraction of sp³-hybridized carbons (Fsp3) is 0.538. The van der Waals surface area contributed by atoms with E-state index in [0.29, 0.717) is 12.1 Å². The summed E-state index contributed by atoms with van der Waals surface area (Å²) in [4.78, 5) is 16.1. The summed E-state index contributed by atoms with van der Waals surface area (Å²) in [5.74, 6) is 0.150. The summed E-state index contributed by atoms with van der Waals surface area (Å²) < 4.78 is 0. The summed E-state index contributed by atoms with van der Waals surface area (Å²) in [6.07, 6.45) is 3.29. The van der Waals surface area contributed by atoms with Crippen LogP contribution in [0.5, 0.6) is 0 Å². The van der Waals surface area contributed by atoms with Crippen LogP contribution < -0.4 is 11.1 Å². The molecule has 0 saturated carbocycles. The Morgan fingerprint density at radius 3 is 2.42 bits per heavy atom. The number of aryl methyl sites for hydroxylation is 1. The van der Waals surface area contributed by atoms with E-state index in [0.717, 1.165) is 5.56 Å². The van der Waals surface area contributed by atoms with Crippen molar-refractivity contribution in [3.8, 4) is 0 Å². The molecule has 1 heterocycles. The van der Waals surface area contributed by atoms with Gasteiger partial charge < -0.3 is 11.1 Å².